The van der Waals surface area contributed by atoms with Gasteiger partial charge < -0.3 is 20.6 Å². The molecule has 4 N–H and O–H groups in total. The van der Waals surface area contributed by atoms with Crippen molar-refractivity contribution in [2.45, 2.75) is 6.04 Å². The van der Waals surface area contributed by atoms with E-state index >= 15 is 0 Å². The molecular formula is C17H15N3O4. The summed E-state index contributed by atoms with van der Waals surface area (Å²) in [5.74, 6) is -0.821. The zero-order valence-electron chi connectivity index (χ0n) is 12.6. The lowest BCUT2D eigenvalue weighted by Crippen LogP contribution is -2.46. The zero-order chi connectivity index (χ0) is 17.1. The number of hydrogen-bond acceptors (Lipinski definition) is 5. The van der Waals surface area contributed by atoms with Crippen molar-refractivity contribution < 1.29 is 19.1 Å². The molecule has 122 valence electrons. The summed E-state index contributed by atoms with van der Waals surface area (Å²) in [5.41, 5.74) is 6.56. The van der Waals surface area contributed by atoms with Crippen molar-refractivity contribution in [3.63, 3.8) is 0 Å². The zero-order valence-corrected chi connectivity index (χ0v) is 12.6. The average Bonchev–Trinajstić information content (AvgIpc) is 3.12. The first-order valence-corrected chi connectivity index (χ1v) is 7.25. The summed E-state index contributed by atoms with van der Waals surface area (Å²) in [6.45, 7) is -0.574. The summed E-state index contributed by atoms with van der Waals surface area (Å²) < 4.78 is 5.34. The third-order valence-corrected chi connectivity index (χ3v) is 3.57. The van der Waals surface area contributed by atoms with Crippen molar-refractivity contribution in [3.8, 4) is 11.5 Å². The fourth-order valence-corrected chi connectivity index (χ4v) is 2.36. The number of carbonyl (C=O) groups excluding carboxylic acids is 2. The van der Waals surface area contributed by atoms with Crippen molar-refractivity contribution in [1.82, 2.24) is 10.3 Å². The lowest BCUT2D eigenvalue weighted by atomic mass is 10.1. The van der Waals surface area contributed by atoms with Gasteiger partial charge in [-0.3, -0.25) is 9.59 Å². The molecule has 0 aliphatic carbocycles. The van der Waals surface area contributed by atoms with Crippen molar-refractivity contribution in [2.75, 3.05) is 6.61 Å². The molecule has 0 saturated carbocycles. The monoisotopic (exact) mass is 325 g/mol. The number of nitrogens with two attached hydrogens (primary N) is 1. The third-order valence-electron chi connectivity index (χ3n) is 3.57. The van der Waals surface area contributed by atoms with E-state index in [1.54, 1.807) is 36.4 Å². The molecule has 0 spiro atoms. The van der Waals surface area contributed by atoms with Gasteiger partial charge in [-0.1, -0.05) is 18.2 Å². The van der Waals surface area contributed by atoms with Gasteiger partial charge in [-0.15, -0.1) is 0 Å². The van der Waals surface area contributed by atoms with Gasteiger partial charge in [0.05, 0.1) is 24.0 Å². The third kappa shape index (κ3) is 2.97. The summed E-state index contributed by atoms with van der Waals surface area (Å²) in [7, 11) is 0. The van der Waals surface area contributed by atoms with E-state index in [0.29, 0.717) is 27.9 Å². The van der Waals surface area contributed by atoms with Crippen molar-refractivity contribution in [2.24, 2.45) is 5.73 Å². The molecule has 3 aromatic rings. The molecule has 0 bridgehead atoms. The van der Waals surface area contributed by atoms with Gasteiger partial charge in [0.1, 0.15) is 11.7 Å². The van der Waals surface area contributed by atoms with Gasteiger partial charge in [-0.25, -0.2) is 4.98 Å². The second-order valence-corrected chi connectivity index (χ2v) is 5.16. The molecule has 2 aromatic heterocycles. The number of pyridine rings is 1. The molecule has 0 aliphatic heterocycles. The second-order valence-electron chi connectivity index (χ2n) is 5.16. The van der Waals surface area contributed by atoms with E-state index in [-0.39, 0.29) is 0 Å². The van der Waals surface area contributed by atoms with E-state index in [4.69, 9.17) is 15.3 Å². The number of carbonyl (C=O) groups is 2. The minimum absolute atomic E-state index is 0.312. The number of aliphatic hydroxyl groups excluding tert-OH is 1. The van der Waals surface area contributed by atoms with Crippen molar-refractivity contribution >= 4 is 22.7 Å². The van der Waals surface area contributed by atoms with Crippen LogP contribution >= 0.6 is 0 Å². The topological polar surface area (TPSA) is 118 Å². The van der Waals surface area contributed by atoms with Crippen LogP contribution < -0.4 is 11.1 Å². The first kappa shape index (κ1) is 15.7. The standard InChI is InChI=1S/C17H15N3O4/c18-16(22)14(9-21)20-17(23)11-8-13(15-6-3-7-24-15)19-12-5-2-1-4-10(11)12/h1-8,14,21H,9H2,(H2,18,22)(H,20,23)/t14-/m0/s1. The average molecular weight is 325 g/mol. The maximum Gasteiger partial charge on any atom is 0.252 e. The fourth-order valence-electron chi connectivity index (χ4n) is 2.36. The summed E-state index contributed by atoms with van der Waals surface area (Å²) in [6.07, 6.45) is 1.51. The number of hydrogen-bond donors (Lipinski definition) is 3. The highest BCUT2D eigenvalue weighted by Crippen LogP contribution is 2.25. The summed E-state index contributed by atoms with van der Waals surface area (Å²) in [5, 5.41) is 12.2. The van der Waals surface area contributed by atoms with Crippen LogP contribution in [-0.2, 0) is 4.79 Å². The first-order valence-electron chi connectivity index (χ1n) is 7.25. The lowest BCUT2D eigenvalue weighted by Gasteiger charge is -2.14. The molecule has 2 heterocycles. The van der Waals surface area contributed by atoms with Crippen LogP contribution in [0.2, 0.25) is 0 Å². The Morgan fingerprint density at radius 2 is 2.04 bits per heavy atom. The van der Waals surface area contributed by atoms with Crippen molar-refractivity contribution in [1.29, 1.82) is 0 Å². The van der Waals surface area contributed by atoms with E-state index in [1.807, 2.05) is 6.07 Å². The smallest absolute Gasteiger partial charge is 0.252 e. The number of nitrogens with zero attached hydrogens (tertiary/aromatic N) is 1. The van der Waals surface area contributed by atoms with Crippen LogP contribution in [0.3, 0.4) is 0 Å². The molecule has 2 amide bonds. The van der Waals surface area contributed by atoms with Crippen molar-refractivity contribution in [3.05, 3.63) is 54.3 Å². The predicted molar refractivity (Wildman–Crippen MR) is 87.0 cm³/mol. The number of benzene rings is 1. The molecule has 1 atom stereocenters. The molecular weight excluding hydrogens is 310 g/mol. The Balaban J connectivity index is 2.08. The molecule has 0 radical (unpaired) electrons. The maximum atomic E-state index is 12.6. The number of fused-ring (bicyclic) bond motifs is 1. The number of primary amides is 1. The SMILES string of the molecule is NC(=O)[C@H](CO)NC(=O)c1cc(-c2ccco2)nc2ccccc12. The Morgan fingerprint density at radius 3 is 2.71 bits per heavy atom. The molecule has 0 unspecified atom stereocenters. The van der Waals surface area contributed by atoms with E-state index in [2.05, 4.69) is 10.3 Å². The summed E-state index contributed by atoms with van der Waals surface area (Å²) in [4.78, 5) is 28.3. The van der Waals surface area contributed by atoms with Gasteiger partial charge in [0, 0.05) is 5.39 Å². The summed E-state index contributed by atoms with van der Waals surface area (Å²) >= 11 is 0. The highest BCUT2D eigenvalue weighted by molar-refractivity contribution is 6.08. The number of para-hydroxylation sites is 1. The van der Waals surface area contributed by atoms with E-state index in [1.165, 1.54) is 6.26 Å². The normalized spacial score (nSPS) is 12.0. The quantitative estimate of drug-likeness (QED) is 0.648. The Labute approximate surface area is 137 Å². The number of furan rings is 1. The van der Waals surface area contributed by atoms with Crippen LogP contribution in [0.25, 0.3) is 22.4 Å². The maximum absolute atomic E-state index is 12.6. The van der Waals surface area contributed by atoms with Crippen LogP contribution in [-0.4, -0.2) is 34.6 Å². The second kappa shape index (κ2) is 6.51. The van der Waals surface area contributed by atoms with Gasteiger partial charge in [-0.05, 0) is 24.3 Å². The van der Waals surface area contributed by atoms with Gasteiger partial charge in [0.15, 0.2) is 5.76 Å². The molecule has 7 nitrogen and oxygen atoms in total. The predicted octanol–water partition coefficient (Wildman–Crippen LogP) is 1.07. The number of rotatable bonds is 5. The lowest BCUT2D eigenvalue weighted by molar-refractivity contribution is -0.120. The van der Waals surface area contributed by atoms with Crippen LogP contribution in [0.5, 0.6) is 0 Å². The fraction of sp³-hybridized carbons (Fsp3) is 0.118. The number of nitrogens with one attached hydrogen (secondary N) is 1. The summed E-state index contributed by atoms with van der Waals surface area (Å²) in [6, 6.07) is 11.0. The largest absolute Gasteiger partial charge is 0.463 e. The number of amides is 2. The van der Waals surface area contributed by atoms with Gasteiger partial charge in [0.25, 0.3) is 5.91 Å². The molecule has 1 aromatic carbocycles. The van der Waals surface area contributed by atoms with Crippen LogP contribution in [0.1, 0.15) is 10.4 Å². The molecule has 7 heteroatoms. The van der Waals surface area contributed by atoms with Gasteiger partial charge in [-0.2, -0.15) is 0 Å². The molecule has 0 fully saturated rings. The Hall–Kier alpha value is -3.19. The van der Waals surface area contributed by atoms with E-state index in [9.17, 15) is 9.59 Å². The highest BCUT2D eigenvalue weighted by Gasteiger charge is 2.20. The van der Waals surface area contributed by atoms with Crippen LogP contribution in [0, 0.1) is 0 Å². The van der Waals surface area contributed by atoms with Crippen LogP contribution in [0.15, 0.2) is 53.1 Å². The minimum atomic E-state index is -1.16. The number of aliphatic hydroxyl groups is 1. The van der Waals surface area contributed by atoms with Gasteiger partial charge >= 0.3 is 0 Å². The van der Waals surface area contributed by atoms with E-state index in [0.717, 1.165) is 0 Å². The Kier molecular flexibility index (Phi) is 4.26. The first-order chi connectivity index (χ1) is 11.6. The molecule has 0 aliphatic rings. The minimum Gasteiger partial charge on any atom is -0.463 e. The Bertz CT molecular complexity index is 890. The van der Waals surface area contributed by atoms with Gasteiger partial charge in [0.2, 0.25) is 5.91 Å². The number of aromatic nitrogens is 1. The molecule has 24 heavy (non-hydrogen) atoms. The molecule has 0 saturated heterocycles. The highest BCUT2D eigenvalue weighted by atomic mass is 16.3. The Morgan fingerprint density at radius 1 is 1.25 bits per heavy atom. The molecule has 3 rings (SSSR count). The van der Waals surface area contributed by atoms with Crippen LogP contribution in [0.4, 0.5) is 0 Å². The van der Waals surface area contributed by atoms with E-state index < -0.39 is 24.5 Å².